The zero-order valence-electron chi connectivity index (χ0n) is 16.3. The molecular weight excluding hydrogens is 344 g/mol. The summed E-state index contributed by atoms with van der Waals surface area (Å²) in [5, 5.41) is 6.62. The lowest BCUT2D eigenvalue weighted by Gasteiger charge is -2.13. The van der Waals surface area contributed by atoms with Crippen molar-refractivity contribution in [1.29, 1.82) is 0 Å². The highest BCUT2D eigenvalue weighted by Crippen LogP contribution is 2.29. The SMILES string of the molecule is CCNC(=NCc1ccc(OCC2CC2)nc1)NCCCOC1CCOC1. The zero-order valence-corrected chi connectivity index (χ0v) is 16.3. The Morgan fingerprint density at radius 2 is 2.22 bits per heavy atom. The van der Waals surface area contributed by atoms with Gasteiger partial charge in [0.15, 0.2) is 5.96 Å². The molecule has 1 saturated heterocycles. The highest BCUT2D eigenvalue weighted by molar-refractivity contribution is 5.79. The van der Waals surface area contributed by atoms with Crippen LogP contribution < -0.4 is 15.4 Å². The first kappa shape index (κ1) is 19.9. The highest BCUT2D eigenvalue weighted by atomic mass is 16.5. The number of hydrogen-bond donors (Lipinski definition) is 2. The smallest absolute Gasteiger partial charge is 0.213 e. The van der Waals surface area contributed by atoms with E-state index in [1.807, 2.05) is 18.3 Å². The predicted octanol–water partition coefficient (Wildman–Crippen LogP) is 2.12. The summed E-state index contributed by atoms with van der Waals surface area (Å²) in [6.07, 6.45) is 6.64. The second-order valence-corrected chi connectivity index (χ2v) is 7.09. The fourth-order valence-electron chi connectivity index (χ4n) is 2.76. The van der Waals surface area contributed by atoms with Crippen molar-refractivity contribution in [2.45, 2.75) is 45.3 Å². The highest BCUT2D eigenvalue weighted by Gasteiger charge is 2.22. The molecule has 2 heterocycles. The Morgan fingerprint density at radius 3 is 2.93 bits per heavy atom. The van der Waals surface area contributed by atoms with Crippen LogP contribution in [0, 0.1) is 5.92 Å². The van der Waals surface area contributed by atoms with Gasteiger partial charge in [-0.1, -0.05) is 6.07 Å². The van der Waals surface area contributed by atoms with Gasteiger partial charge in [0.05, 0.1) is 25.9 Å². The zero-order chi connectivity index (χ0) is 18.7. The molecule has 3 rings (SSSR count). The second-order valence-electron chi connectivity index (χ2n) is 7.09. The van der Waals surface area contributed by atoms with E-state index < -0.39 is 0 Å². The molecule has 1 aliphatic carbocycles. The topological polar surface area (TPSA) is 77.0 Å². The van der Waals surface area contributed by atoms with Crippen LogP contribution in [0.4, 0.5) is 0 Å². The van der Waals surface area contributed by atoms with Gasteiger partial charge in [-0.15, -0.1) is 0 Å². The summed E-state index contributed by atoms with van der Waals surface area (Å²) in [4.78, 5) is 8.99. The average molecular weight is 377 g/mol. The summed E-state index contributed by atoms with van der Waals surface area (Å²) in [5.74, 6) is 2.25. The third kappa shape index (κ3) is 7.72. The van der Waals surface area contributed by atoms with E-state index in [9.17, 15) is 0 Å². The van der Waals surface area contributed by atoms with E-state index in [4.69, 9.17) is 14.2 Å². The van der Waals surface area contributed by atoms with Crippen molar-refractivity contribution in [2.24, 2.45) is 10.9 Å². The lowest BCUT2D eigenvalue weighted by atomic mass is 10.3. The molecule has 0 aromatic carbocycles. The third-order valence-corrected chi connectivity index (χ3v) is 4.58. The van der Waals surface area contributed by atoms with Crippen molar-refractivity contribution in [3.63, 3.8) is 0 Å². The van der Waals surface area contributed by atoms with Gasteiger partial charge in [0.1, 0.15) is 0 Å². The first-order valence-corrected chi connectivity index (χ1v) is 10.1. The van der Waals surface area contributed by atoms with E-state index in [0.29, 0.717) is 12.4 Å². The summed E-state index contributed by atoms with van der Waals surface area (Å²) >= 11 is 0. The lowest BCUT2D eigenvalue weighted by molar-refractivity contribution is 0.0420. The fourth-order valence-corrected chi connectivity index (χ4v) is 2.76. The number of nitrogens with one attached hydrogen (secondary N) is 2. The van der Waals surface area contributed by atoms with Gasteiger partial charge < -0.3 is 24.8 Å². The van der Waals surface area contributed by atoms with Crippen molar-refractivity contribution in [3.8, 4) is 5.88 Å². The second kappa shape index (κ2) is 11.1. The van der Waals surface area contributed by atoms with E-state index in [1.54, 1.807) is 0 Å². The molecule has 1 aromatic heterocycles. The van der Waals surface area contributed by atoms with Crippen molar-refractivity contribution in [3.05, 3.63) is 23.9 Å². The van der Waals surface area contributed by atoms with Gasteiger partial charge in [-0.2, -0.15) is 0 Å². The molecule has 7 nitrogen and oxygen atoms in total. The van der Waals surface area contributed by atoms with Crippen LogP contribution in [0.15, 0.2) is 23.3 Å². The molecule has 0 bridgehead atoms. The molecule has 1 aromatic rings. The van der Waals surface area contributed by atoms with Crippen LogP contribution in [0.25, 0.3) is 0 Å². The Bertz CT molecular complexity index is 569. The Labute approximate surface area is 161 Å². The van der Waals surface area contributed by atoms with Crippen LogP contribution in [0.3, 0.4) is 0 Å². The van der Waals surface area contributed by atoms with Crippen LogP contribution in [-0.4, -0.2) is 56.6 Å². The number of hydrogen-bond acceptors (Lipinski definition) is 5. The number of aromatic nitrogens is 1. The van der Waals surface area contributed by atoms with Gasteiger partial charge in [-0.25, -0.2) is 9.98 Å². The average Bonchev–Trinajstić information content (AvgIpc) is 3.38. The quantitative estimate of drug-likeness (QED) is 0.350. The first-order chi connectivity index (χ1) is 13.3. The number of pyridine rings is 1. The standard InChI is InChI=1S/C20H32N4O3/c1-2-21-20(22-9-3-10-26-18-8-11-25-15-18)24-13-17-6-7-19(23-12-17)27-14-16-4-5-16/h6-7,12,16,18H,2-5,8-11,13-15H2,1H3,(H2,21,22,24). The van der Waals surface area contributed by atoms with Crippen LogP contribution in [0.1, 0.15) is 38.2 Å². The van der Waals surface area contributed by atoms with Crippen molar-refractivity contribution in [2.75, 3.05) is 39.5 Å². The van der Waals surface area contributed by atoms with Crippen LogP contribution >= 0.6 is 0 Å². The van der Waals surface area contributed by atoms with Crippen molar-refractivity contribution < 1.29 is 14.2 Å². The lowest BCUT2D eigenvalue weighted by Crippen LogP contribution is -2.38. The summed E-state index contributed by atoms with van der Waals surface area (Å²) in [6, 6.07) is 3.96. The Kier molecular flexibility index (Phi) is 8.17. The number of aliphatic imine (C=N–C) groups is 1. The van der Waals surface area contributed by atoms with Crippen LogP contribution in [-0.2, 0) is 16.0 Å². The maximum Gasteiger partial charge on any atom is 0.213 e. The number of rotatable bonds is 11. The summed E-state index contributed by atoms with van der Waals surface area (Å²) < 4.78 is 16.8. The molecule has 27 heavy (non-hydrogen) atoms. The molecule has 0 radical (unpaired) electrons. The van der Waals surface area contributed by atoms with E-state index >= 15 is 0 Å². The molecule has 2 N–H and O–H groups in total. The summed E-state index contributed by atoms with van der Waals surface area (Å²) in [5.41, 5.74) is 1.07. The normalized spacial score (nSPS) is 19.9. The molecule has 1 unspecified atom stereocenters. The largest absolute Gasteiger partial charge is 0.477 e. The number of guanidine groups is 1. The van der Waals surface area contributed by atoms with Gasteiger partial charge in [0.2, 0.25) is 5.88 Å². The van der Waals surface area contributed by atoms with Crippen molar-refractivity contribution in [1.82, 2.24) is 15.6 Å². The maximum atomic E-state index is 5.78. The molecule has 1 aliphatic heterocycles. The fraction of sp³-hybridized carbons (Fsp3) is 0.700. The van der Waals surface area contributed by atoms with Gasteiger partial charge in [0, 0.05) is 38.6 Å². The van der Waals surface area contributed by atoms with E-state index in [-0.39, 0.29) is 6.10 Å². The van der Waals surface area contributed by atoms with Gasteiger partial charge in [-0.05, 0) is 44.1 Å². The molecular formula is C20H32N4O3. The Hall–Kier alpha value is -1.86. The Morgan fingerprint density at radius 1 is 1.30 bits per heavy atom. The molecule has 2 fully saturated rings. The van der Waals surface area contributed by atoms with Gasteiger partial charge >= 0.3 is 0 Å². The van der Waals surface area contributed by atoms with Crippen LogP contribution in [0.2, 0.25) is 0 Å². The molecule has 0 amide bonds. The van der Waals surface area contributed by atoms with E-state index in [1.165, 1.54) is 12.8 Å². The monoisotopic (exact) mass is 376 g/mol. The summed E-state index contributed by atoms with van der Waals surface area (Å²) in [6.45, 7) is 7.39. The minimum Gasteiger partial charge on any atom is -0.477 e. The molecule has 1 saturated carbocycles. The molecule has 0 spiro atoms. The molecule has 2 aliphatic rings. The molecule has 7 heteroatoms. The van der Waals surface area contributed by atoms with Gasteiger partial charge in [-0.3, -0.25) is 0 Å². The van der Waals surface area contributed by atoms with Crippen LogP contribution in [0.5, 0.6) is 5.88 Å². The third-order valence-electron chi connectivity index (χ3n) is 4.58. The Balaban J connectivity index is 1.35. The van der Waals surface area contributed by atoms with E-state index in [2.05, 4.69) is 27.5 Å². The number of nitrogens with zero attached hydrogens (tertiary/aromatic N) is 2. The van der Waals surface area contributed by atoms with Crippen molar-refractivity contribution >= 4 is 5.96 Å². The van der Waals surface area contributed by atoms with Gasteiger partial charge in [0.25, 0.3) is 0 Å². The number of ether oxygens (including phenoxy) is 3. The maximum absolute atomic E-state index is 5.78. The first-order valence-electron chi connectivity index (χ1n) is 10.1. The predicted molar refractivity (Wildman–Crippen MR) is 105 cm³/mol. The summed E-state index contributed by atoms with van der Waals surface area (Å²) in [7, 11) is 0. The van der Waals surface area contributed by atoms with E-state index in [0.717, 1.165) is 69.8 Å². The minimum atomic E-state index is 0.274. The minimum absolute atomic E-state index is 0.274. The molecule has 1 atom stereocenters. The molecule has 150 valence electrons.